The van der Waals surface area contributed by atoms with Gasteiger partial charge in [0.25, 0.3) is 0 Å². The Morgan fingerprint density at radius 3 is 2.64 bits per heavy atom. The van der Waals surface area contributed by atoms with Crippen molar-refractivity contribution < 1.29 is 4.79 Å². The van der Waals surface area contributed by atoms with Crippen LogP contribution in [0.25, 0.3) is 5.69 Å². The van der Waals surface area contributed by atoms with Crippen LogP contribution in [0.2, 0.25) is 15.1 Å². The zero-order valence-electron chi connectivity index (χ0n) is 11.3. The molecule has 22 heavy (non-hydrogen) atoms. The monoisotopic (exact) mass is 354 g/mol. The average molecular weight is 356 g/mol. The lowest BCUT2D eigenvalue weighted by molar-refractivity contribution is -0.126. The third-order valence-electron chi connectivity index (χ3n) is 3.51. The Kier molecular flexibility index (Phi) is 3.77. The first-order valence-electron chi connectivity index (χ1n) is 6.39. The Morgan fingerprint density at radius 1 is 1.32 bits per heavy atom. The number of nitriles is 1. The van der Waals surface area contributed by atoms with E-state index < -0.39 is 0 Å². The minimum Gasteiger partial charge on any atom is -0.295 e. The second-order valence-corrected chi connectivity index (χ2v) is 6.11. The number of hydrogen-bond donors (Lipinski definition) is 0. The molecule has 1 atom stereocenters. The first-order valence-corrected chi connectivity index (χ1v) is 7.52. The molecule has 1 aromatic carbocycles. The van der Waals surface area contributed by atoms with Gasteiger partial charge in [-0.05, 0) is 12.1 Å². The number of amides is 1. The van der Waals surface area contributed by atoms with Crippen LogP contribution in [0.3, 0.4) is 0 Å². The molecule has 0 radical (unpaired) electrons. The predicted octanol–water partition coefficient (Wildman–Crippen LogP) is 3.69. The molecule has 0 aliphatic carbocycles. The summed E-state index contributed by atoms with van der Waals surface area (Å²) in [6.07, 6.45) is 1.39. The highest BCUT2D eigenvalue weighted by atomic mass is 35.5. The van der Waals surface area contributed by atoms with Gasteiger partial charge >= 0.3 is 0 Å². The average Bonchev–Trinajstić information content (AvgIpc) is 2.93. The van der Waals surface area contributed by atoms with E-state index in [0.29, 0.717) is 28.6 Å². The number of rotatable bonds is 2. The van der Waals surface area contributed by atoms with Crippen molar-refractivity contribution >= 4 is 46.5 Å². The van der Waals surface area contributed by atoms with Crippen LogP contribution in [0.15, 0.2) is 18.3 Å². The number of halogens is 3. The summed E-state index contributed by atoms with van der Waals surface area (Å²) in [6.45, 7) is 2.36. The maximum absolute atomic E-state index is 12.0. The van der Waals surface area contributed by atoms with Gasteiger partial charge < -0.3 is 0 Å². The van der Waals surface area contributed by atoms with Gasteiger partial charge in [-0.1, -0.05) is 41.7 Å². The highest BCUT2D eigenvalue weighted by Gasteiger charge is 2.38. The largest absolute Gasteiger partial charge is 0.295 e. The Morgan fingerprint density at radius 2 is 2.05 bits per heavy atom. The maximum Gasteiger partial charge on any atom is 0.232 e. The molecule has 1 unspecified atom stereocenters. The SMILES string of the molecule is CC1CN(c2c(C#N)cnn2-c2ccc(Cl)c(Cl)c2Cl)C1=O. The number of β-lactam (4-membered cyclic amide) rings is 1. The van der Waals surface area contributed by atoms with Crippen LogP contribution < -0.4 is 4.90 Å². The molecule has 0 bridgehead atoms. The van der Waals surface area contributed by atoms with E-state index in [1.54, 1.807) is 12.1 Å². The zero-order chi connectivity index (χ0) is 16.0. The summed E-state index contributed by atoms with van der Waals surface area (Å²) in [5.74, 6) is 0.263. The van der Waals surface area contributed by atoms with Gasteiger partial charge in [0.2, 0.25) is 5.91 Å². The van der Waals surface area contributed by atoms with Crippen molar-refractivity contribution in [1.82, 2.24) is 9.78 Å². The van der Waals surface area contributed by atoms with E-state index >= 15 is 0 Å². The van der Waals surface area contributed by atoms with Crippen molar-refractivity contribution in [2.75, 3.05) is 11.4 Å². The molecule has 1 amide bonds. The van der Waals surface area contributed by atoms with Crippen LogP contribution in [0.5, 0.6) is 0 Å². The van der Waals surface area contributed by atoms with Crippen molar-refractivity contribution in [2.45, 2.75) is 6.92 Å². The summed E-state index contributed by atoms with van der Waals surface area (Å²) in [5.41, 5.74) is 0.752. The molecule has 112 valence electrons. The summed E-state index contributed by atoms with van der Waals surface area (Å²) in [5, 5.41) is 14.1. The lowest BCUT2D eigenvalue weighted by Crippen LogP contribution is -2.52. The van der Waals surface area contributed by atoms with Crippen molar-refractivity contribution in [1.29, 1.82) is 5.26 Å². The van der Waals surface area contributed by atoms with Crippen LogP contribution in [0.1, 0.15) is 12.5 Å². The van der Waals surface area contributed by atoms with Gasteiger partial charge in [0.05, 0.1) is 32.9 Å². The minimum atomic E-state index is -0.0702. The van der Waals surface area contributed by atoms with Crippen molar-refractivity contribution in [3.05, 3.63) is 39.0 Å². The third-order valence-corrected chi connectivity index (χ3v) is 4.79. The van der Waals surface area contributed by atoms with E-state index in [4.69, 9.17) is 34.8 Å². The van der Waals surface area contributed by atoms with Crippen molar-refractivity contribution in [3.8, 4) is 11.8 Å². The lowest BCUT2D eigenvalue weighted by atomic mass is 10.0. The summed E-state index contributed by atoms with van der Waals surface area (Å²) >= 11 is 18.2. The van der Waals surface area contributed by atoms with Crippen molar-refractivity contribution in [3.63, 3.8) is 0 Å². The molecule has 1 fully saturated rings. The minimum absolute atomic E-state index is 0.0607. The quantitative estimate of drug-likeness (QED) is 0.610. The van der Waals surface area contributed by atoms with Crippen LogP contribution in [-0.2, 0) is 4.79 Å². The smallest absolute Gasteiger partial charge is 0.232 e. The highest BCUT2D eigenvalue weighted by molar-refractivity contribution is 6.48. The number of aromatic nitrogens is 2. The molecule has 0 spiro atoms. The summed E-state index contributed by atoms with van der Waals surface area (Å²) in [6, 6.07) is 5.26. The molecule has 2 heterocycles. The molecule has 3 rings (SSSR count). The van der Waals surface area contributed by atoms with Gasteiger partial charge in [-0.25, -0.2) is 4.68 Å². The topological polar surface area (TPSA) is 61.9 Å². The maximum atomic E-state index is 12.0. The second kappa shape index (κ2) is 5.47. The molecule has 1 aromatic heterocycles. The Bertz CT molecular complexity index is 824. The number of benzene rings is 1. The van der Waals surface area contributed by atoms with Crippen LogP contribution in [-0.4, -0.2) is 22.2 Å². The molecular weight excluding hydrogens is 347 g/mol. The van der Waals surface area contributed by atoms with E-state index in [-0.39, 0.29) is 21.9 Å². The van der Waals surface area contributed by atoms with E-state index in [0.717, 1.165) is 0 Å². The standard InChI is InChI=1S/C14H9Cl3N4O/c1-7-6-20(14(7)22)13-8(4-18)5-19-21(13)10-3-2-9(15)11(16)12(10)17/h2-3,5,7H,6H2,1H3. The molecule has 0 saturated carbocycles. The lowest BCUT2D eigenvalue weighted by Gasteiger charge is -2.36. The predicted molar refractivity (Wildman–Crippen MR) is 84.8 cm³/mol. The molecular formula is C14H9Cl3N4O. The summed E-state index contributed by atoms with van der Waals surface area (Å²) in [7, 11) is 0. The molecule has 1 aliphatic rings. The van der Waals surface area contributed by atoms with Crippen LogP contribution in [0, 0.1) is 17.2 Å². The fraction of sp³-hybridized carbons (Fsp3) is 0.214. The summed E-state index contributed by atoms with van der Waals surface area (Å²) < 4.78 is 1.44. The van der Waals surface area contributed by atoms with E-state index in [1.165, 1.54) is 15.8 Å². The van der Waals surface area contributed by atoms with Crippen LogP contribution >= 0.6 is 34.8 Å². The third kappa shape index (κ3) is 2.15. The normalized spacial score (nSPS) is 17.3. The summed E-state index contributed by atoms with van der Waals surface area (Å²) in [4.78, 5) is 13.5. The molecule has 1 aliphatic heterocycles. The Balaban J connectivity index is 2.18. The fourth-order valence-corrected chi connectivity index (χ4v) is 2.93. The fourth-order valence-electron chi connectivity index (χ4n) is 2.32. The van der Waals surface area contributed by atoms with E-state index in [1.807, 2.05) is 13.0 Å². The Labute approximate surface area is 141 Å². The van der Waals surface area contributed by atoms with Gasteiger partial charge in [0.15, 0.2) is 5.82 Å². The first kappa shape index (κ1) is 15.2. The highest BCUT2D eigenvalue weighted by Crippen LogP contribution is 2.38. The number of anilines is 1. The zero-order valence-corrected chi connectivity index (χ0v) is 13.6. The first-order chi connectivity index (χ1) is 10.5. The van der Waals surface area contributed by atoms with Crippen LogP contribution in [0.4, 0.5) is 5.82 Å². The van der Waals surface area contributed by atoms with E-state index in [9.17, 15) is 10.1 Å². The Hall–Kier alpha value is -1.74. The van der Waals surface area contributed by atoms with Crippen molar-refractivity contribution in [2.24, 2.45) is 5.92 Å². The second-order valence-electron chi connectivity index (χ2n) is 4.95. The van der Waals surface area contributed by atoms with Gasteiger partial charge in [-0.15, -0.1) is 0 Å². The number of carbonyl (C=O) groups excluding carboxylic acids is 1. The number of nitrogens with zero attached hydrogens (tertiary/aromatic N) is 4. The van der Waals surface area contributed by atoms with Gasteiger partial charge in [0, 0.05) is 6.54 Å². The van der Waals surface area contributed by atoms with E-state index in [2.05, 4.69) is 5.10 Å². The molecule has 0 N–H and O–H groups in total. The van der Waals surface area contributed by atoms with Gasteiger partial charge in [0.1, 0.15) is 11.6 Å². The molecule has 8 heteroatoms. The molecule has 1 saturated heterocycles. The van der Waals surface area contributed by atoms with Gasteiger partial charge in [-0.2, -0.15) is 10.4 Å². The molecule has 5 nitrogen and oxygen atoms in total. The number of hydrogen-bond acceptors (Lipinski definition) is 3. The van der Waals surface area contributed by atoms with Gasteiger partial charge in [-0.3, -0.25) is 9.69 Å². The number of carbonyl (C=O) groups is 1. The molecule has 2 aromatic rings.